The van der Waals surface area contributed by atoms with Gasteiger partial charge in [-0.25, -0.2) is 0 Å². The standard InChI is InChI=1S/C30H29BrN2O3/c1-21-10-6-7-14-24(21)19-33(26(30(35)32-2)18-22-11-4-3-5-12-22)28(34)20-36-27-17-16-23-13-8-9-15-25(23)29(27)31/h3-17,26H,18-20H2,1-2H3,(H,32,35)/t26-/m0/s1. The van der Waals surface area contributed by atoms with Crippen LogP contribution in [-0.4, -0.2) is 36.4 Å². The molecule has 5 nitrogen and oxygen atoms in total. The number of likely N-dealkylation sites (N-methyl/N-ethyl adjacent to an activating group) is 1. The average Bonchev–Trinajstić information content (AvgIpc) is 2.91. The van der Waals surface area contributed by atoms with E-state index in [2.05, 4.69) is 21.2 Å². The van der Waals surface area contributed by atoms with Gasteiger partial charge >= 0.3 is 0 Å². The van der Waals surface area contributed by atoms with E-state index in [9.17, 15) is 9.59 Å². The van der Waals surface area contributed by atoms with Crippen LogP contribution in [0, 0.1) is 6.92 Å². The number of fused-ring (bicyclic) bond motifs is 1. The monoisotopic (exact) mass is 544 g/mol. The van der Waals surface area contributed by atoms with E-state index in [1.165, 1.54) is 0 Å². The van der Waals surface area contributed by atoms with E-state index in [1.54, 1.807) is 11.9 Å². The molecule has 0 aliphatic rings. The number of hydrogen-bond acceptors (Lipinski definition) is 3. The lowest BCUT2D eigenvalue weighted by molar-refractivity contribution is -0.142. The van der Waals surface area contributed by atoms with Gasteiger partial charge in [0.1, 0.15) is 11.8 Å². The van der Waals surface area contributed by atoms with E-state index in [-0.39, 0.29) is 18.4 Å². The summed E-state index contributed by atoms with van der Waals surface area (Å²) in [5, 5.41) is 4.82. The van der Waals surface area contributed by atoms with E-state index in [0.717, 1.165) is 31.9 Å². The van der Waals surface area contributed by atoms with E-state index < -0.39 is 6.04 Å². The van der Waals surface area contributed by atoms with Crippen molar-refractivity contribution in [3.63, 3.8) is 0 Å². The highest BCUT2D eigenvalue weighted by Crippen LogP contribution is 2.33. The molecule has 0 heterocycles. The quantitative estimate of drug-likeness (QED) is 0.295. The summed E-state index contributed by atoms with van der Waals surface area (Å²) in [6, 6.07) is 28.7. The zero-order valence-electron chi connectivity index (χ0n) is 20.4. The van der Waals surface area contributed by atoms with Crippen molar-refractivity contribution < 1.29 is 14.3 Å². The Labute approximate surface area is 220 Å². The second-order valence-electron chi connectivity index (χ2n) is 8.66. The molecule has 1 atom stereocenters. The first-order valence-corrected chi connectivity index (χ1v) is 12.7. The minimum atomic E-state index is -0.687. The maximum atomic E-state index is 13.7. The zero-order valence-corrected chi connectivity index (χ0v) is 22.0. The minimum Gasteiger partial charge on any atom is -0.483 e. The molecule has 0 radical (unpaired) electrons. The number of halogens is 1. The van der Waals surface area contributed by atoms with Gasteiger partial charge in [0, 0.05) is 20.0 Å². The van der Waals surface area contributed by atoms with Gasteiger partial charge in [0.05, 0.1) is 4.47 Å². The lowest BCUT2D eigenvalue weighted by atomic mass is 10.0. The SMILES string of the molecule is CNC(=O)[C@H](Cc1ccccc1)N(Cc1ccccc1C)C(=O)COc1ccc2ccccc2c1Br. The van der Waals surface area contributed by atoms with Crippen LogP contribution in [0.2, 0.25) is 0 Å². The van der Waals surface area contributed by atoms with E-state index in [0.29, 0.717) is 18.7 Å². The van der Waals surface area contributed by atoms with E-state index >= 15 is 0 Å². The maximum absolute atomic E-state index is 13.7. The Kier molecular flexibility index (Phi) is 8.39. The van der Waals surface area contributed by atoms with Crippen molar-refractivity contribution in [1.82, 2.24) is 10.2 Å². The smallest absolute Gasteiger partial charge is 0.261 e. The number of carbonyl (C=O) groups is 2. The fourth-order valence-corrected chi connectivity index (χ4v) is 4.85. The molecule has 0 saturated carbocycles. The number of nitrogens with zero attached hydrogens (tertiary/aromatic N) is 1. The molecule has 0 aliphatic heterocycles. The van der Waals surface area contributed by atoms with Gasteiger partial charge in [-0.2, -0.15) is 0 Å². The van der Waals surface area contributed by atoms with Crippen LogP contribution >= 0.6 is 15.9 Å². The van der Waals surface area contributed by atoms with Crippen molar-refractivity contribution in [3.05, 3.63) is 112 Å². The molecular formula is C30H29BrN2O3. The van der Waals surface area contributed by atoms with Gasteiger partial charge in [-0.05, 0) is 56.4 Å². The number of nitrogens with one attached hydrogen (secondary N) is 1. The Hall–Kier alpha value is -3.64. The maximum Gasteiger partial charge on any atom is 0.261 e. The van der Waals surface area contributed by atoms with Crippen LogP contribution < -0.4 is 10.1 Å². The number of aryl methyl sites for hydroxylation is 1. The summed E-state index contributed by atoms with van der Waals surface area (Å²) in [6.45, 7) is 2.12. The van der Waals surface area contributed by atoms with Crippen LogP contribution in [0.15, 0.2) is 95.5 Å². The second kappa shape index (κ2) is 11.9. The predicted molar refractivity (Wildman–Crippen MR) is 147 cm³/mol. The summed E-state index contributed by atoms with van der Waals surface area (Å²) >= 11 is 3.63. The normalized spacial score (nSPS) is 11.6. The Morgan fingerprint density at radius 2 is 1.61 bits per heavy atom. The van der Waals surface area contributed by atoms with Crippen molar-refractivity contribution >= 4 is 38.5 Å². The molecule has 184 valence electrons. The second-order valence-corrected chi connectivity index (χ2v) is 9.45. The van der Waals surface area contributed by atoms with Crippen molar-refractivity contribution in [2.45, 2.75) is 25.9 Å². The first kappa shape index (κ1) is 25.5. The summed E-state index contributed by atoms with van der Waals surface area (Å²) < 4.78 is 6.80. The first-order valence-electron chi connectivity index (χ1n) is 11.9. The summed E-state index contributed by atoms with van der Waals surface area (Å²) in [7, 11) is 1.60. The Morgan fingerprint density at radius 3 is 2.36 bits per heavy atom. The largest absolute Gasteiger partial charge is 0.483 e. The fraction of sp³-hybridized carbons (Fsp3) is 0.200. The van der Waals surface area contributed by atoms with Gasteiger partial charge in [-0.15, -0.1) is 0 Å². The average molecular weight is 545 g/mol. The number of rotatable bonds is 9. The van der Waals surface area contributed by atoms with Crippen LogP contribution in [0.1, 0.15) is 16.7 Å². The Morgan fingerprint density at radius 1 is 0.917 bits per heavy atom. The highest BCUT2D eigenvalue weighted by atomic mass is 79.9. The van der Waals surface area contributed by atoms with Gasteiger partial charge in [0.15, 0.2) is 6.61 Å². The van der Waals surface area contributed by atoms with Crippen molar-refractivity contribution in [3.8, 4) is 5.75 Å². The lowest BCUT2D eigenvalue weighted by Crippen LogP contribution is -2.51. The zero-order chi connectivity index (χ0) is 25.5. The molecule has 0 saturated heterocycles. The summed E-state index contributed by atoms with van der Waals surface area (Å²) in [6.07, 6.45) is 0.401. The molecule has 36 heavy (non-hydrogen) atoms. The van der Waals surface area contributed by atoms with Crippen LogP contribution in [0.5, 0.6) is 5.75 Å². The molecule has 0 unspecified atom stereocenters. The number of ether oxygens (including phenoxy) is 1. The third-order valence-electron chi connectivity index (χ3n) is 6.30. The minimum absolute atomic E-state index is 0.189. The molecule has 4 rings (SSSR count). The molecule has 6 heteroatoms. The Bertz CT molecular complexity index is 1360. The van der Waals surface area contributed by atoms with E-state index in [1.807, 2.05) is 97.9 Å². The third-order valence-corrected chi connectivity index (χ3v) is 7.12. The van der Waals surface area contributed by atoms with Gasteiger partial charge in [0.2, 0.25) is 5.91 Å². The Balaban J connectivity index is 1.62. The first-order chi connectivity index (χ1) is 17.5. The highest BCUT2D eigenvalue weighted by Gasteiger charge is 2.30. The molecule has 0 aliphatic carbocycles. The van der Waals surface area contributed by atoms with Crippen LogP contribution in [0.25, 0.3) is 10.8 Å². The highest BCUT2D eigenvalue weighted by molar-refractivity contribution is 9.10. The summed E-state index contributed by atoms with van der Waals surface area (Å²) in [4.78, 5) is 28.4. The van der Waals surface area contributed by atoms with Crippen LogP contribution in [0.4, 0.5) is 0 Å². The molecule has 4 aromatic carbocycles. The van der Waals surface area contributed by atoms with Gasteiger partial charge in [-0.3, -0.25) is 9.59 Å². The van der Waals surface area contributed by atoms with Crippen LogP contribution in [0.3, 0.4) is 0 Å². The predicted octanol–water partition coefficient (Wildman–Crippen LogP) is 5.68. The molecular weight excluding hydrogens is 516 g/mol. The lowest BCUT2D eigenvalue weighted by Gasteiger charge is -2.31. The topological polar surface area (TPSA) is 58.6 Å². The summed E-state index contributed by atoms with van der Waals surface area (Å²) in [5.41, 5.74) is 3.02. The molecule has 2 amide bonds. The fourth-order valence-electron chi connectivity index (χ4n) is 4.24. The van der Waals surface area contributed by atoms with Crippen LogP contribution in [-0.2, 0) is 22.6 Å². The number of amides is 2. The number of hydrogen-bond donors (Lipinski definition) is 1. The van der Waals surface area contributed by atoms with Gasteiger partial charge in [-0.1, -0.05) is 84.9 Å². The third kappa shape index (κ3) is 5.94. The van der Waals surface area contributed by atoms with Gasteiger partial charge in [0.25, 0.3) is 5.91 Å². The van der Waals surface area contributed by atoms with Crippen molar-refractivity contribution in [2.24, 2.45) is 0 Å². The molecule has 4 aromatic rings. The van der Waals surface area contributed by atoms with Gasteiger partial charge < -0.3 is 15.0 Å². The molecule has 0 bridgehead atoms. The molecule has 0 aromatic heterocycles. The van der Waals surface area contributed by atoms with Crippen molar-refractivity contribution in [2.75, 3.05) is 13.7 Å². The van der Waals surface area contributed by atoms with E-state index in [4.69, 9.17) is 4.74 Å². The molecule has 1 N–H and O–H groups in total. The van der Waals surface area contributed by atoms with Crippen molar-refractivity contribution in [1.29, 1.82) is 0 Å². The number of benzene rings is 4. The summed E-state index contributed by atoms with van der Waals surface area (Å²) in [5.74, 6) is 0.105. The molecule has 0 fully saturated rings. The number of carbonyl (C=O) groups excluding carboxylic acids is 2. The molecule has 0 spiro atoms.